The number of rotatable bonds is 2. The fourth-order valence-corrected chi connectivity index (χ4v) is 2.78. The Morgan fingerprint density at radius 3 is 2.56 bits per heavy atom. The van der Waals surface area contributed by atoms with Gasteiger partial charge in [-0.1, -0.05) is 0 Å². The lowest BCUT2D eigenvalue weighted by atomic mass is 10.1. The number of nitrogens with two attached hydrogens (primary N) is 1. The van der Waals surface area contributed by atoms with E-state index in [9.17, 15) is 17.9 Å². The minimum atomic E-state index is -3.74. The molecule has 9 heteroatoms. The van der Waals surface area contributed by atoms with Crippen LogP contribution in [0.4, 0.5) is 10.3 Å². The van der Waals surface area contributed by atoms with Crippen molar-refractivity contribution in [3.63, 3.8) is 0 Å². The second-order valence-electron chi connectivity index (χ2n) is 4.21. The molecule has 100 valence electrons. The van der Waals surface area contributed by atoms with Gasteiger partial charge in [0.25, 0.3) is 0 Å². The molecule has 0 amide bonds. The Morgan fingerprint density at radius 2 is 2.00 bits per heavy atom. The summed E-state index contributed by atoms with van der Waals surface area (Å²) in [5.41, 5.74) is 0. The molecule has 3 N–H and O–H groups in total. The van der Waals surface area contributed by atoms with E-state index in [1.165, 1.54) is 4.90 Å². The molecule has 0 radical (unpaired) electrons. The van der Waals surface area contributed by atoms with Crippen LogP contribution in [0, 0.1) is 5.82 Å². The summed E-state index contributed by atoms with van der Waals surface area (Å²) in [6, 6.07) is 0. The second-order valence-corrected chi connectivity index (χ2v) is 6.05. The highest BCUT2D eigenvalue weighted by atomic mass is 32.2. The average molecular weight is 276 g/mol. The molecule has 0 saturated carbocycles. The van der Waals surface area contributed by atoms with Gasteiger partial charge in [-0.2, -0.15) is 0 Å². The molecule has 1 fully saturated rings. The minimum absolute atomic E-state index is 0.0799. The average Bonchev–Trinajstić information content (AvgIpc) is 2.28. The summed E-state index contributed by atoms with van der Waals surface area (Å²) in [6.45, 7) is 0.277. The molecule has 2 rings (SSSR count). The van der Waals surface area contributed by atoms with Crippen molar-refractivity contribution in [3.05, 3.63) is 18.2 Å². The highest BCUT2D eigenvalue weighted by Gasteiger charge is 2.33. The van der Waals surface area contributed by atoms with Gasteiger partial charge < -0.3 is 10.0 Å². The number of β-amino-alcohol motifs (C(OH)–C–C–N with tert-alkyl or cyclic N) is 1. The van der Waals surface area contributed by atoms with Gasteiger partial charge in [0.15, 0.2) is 5.82 Å². The van der Waals surface area contributed by atoms with Crippen LogP contribution in [-0.4, -0.2) is 47.9 Å². The Balaban J connectivity index is 2.21. The maximum atomic E-state index is 12.7. The van der Waals surface area contributed by atoms with Gasteiger partial charge in [-0.15, -0.1) is 0 Å². The number of halogens is 1. The summed E-state index contributed by atoms with van der Waals surface area (Å²) in [6.07, 6.45) is 1.21. The van der Waals surface area contributed by atoms with E-state index >= 15 is 0 Å². The molecule has 0 aromatic carbocycles. The number of anilines is 1. The lowest BCUT2D eigenvalue weighted by Gasteiger charge is -2.34. The number of hydrogen-bond donors (Lipinski definition) is 2. The monoisotopic (exact) mass is 276 g/mol. The highest BCUT2D eigenvalue weighted by Crippen LogP contribution is 2.19. The van der Waals surface area contributed by atoms with Crippen LogP contribution in [0.3, 0.4) is 0 Å². The number of aromatic nitrogens is 2. The predicted molar refractivity (Wildman–Crippen MR) is 61.7 cm³/mol. The lowest BCUT2D eigenvalue weighted by molar-refractivity contribution is 0.154. The van der Waals surface area contributed by atoms with Gasteiger partial charge in [-0.25, -0.2) is 27.9 Å². The zero-order valence-corrected chi connectivity index (χ0v) is 10.2. The van der Waals surface area contributed by atoms with Crippen molar-refractivity contribution in [2.24, 2.45) is 5.14 Å². The van der Waals surface area contributed by atoms with Crippen molar-refractivity contribution in [1.29, 1.82) is 0 Å². The third-order valence-corrected chi connectivity index (χ3v) is 4.02. The van der Waals surface area contributed by atoms with Crippen molar-refractivity contribution in [2.75, 3.05) is 18.0 Å². The third kappa shape index (κ3) is 2.92. The minimum Gasteiger partial charge on any atom is -0.391 e. The van der Waals surface area contributed by atoms with Gasteiger partial charge in [-0.05, 0) is 6.42 Å². The van der Waals surface area contributed by atoms with Crippen molar-refractivity contribution < 1.29 is 17.9 Å². The van der Waals surface area contributed by atoms with Gasteiger partial charge in [0.2, 0.25) is 16.0 Å². The molecular weight excluding hydrogens is 263 g/mol. The lowest BCUT2D eigenvalue weighted by Crippen LogP contribution is -2.50. The molecule has 2 heterocycles. The van der Waals surface area contributed by atoms with Crippen LogP contribution in [0.2, 0.25) is 0 Å². The SMILES string of the molecule is NS(=O)(=O)[C@H]1C[C@@H](O)CN(c2ncc(F)cn2)C1. The Kier molecular flexibility index (Phi) is 3.46. The van der Waals surface area contributed by atoms with Crippen LogP contribution in [0.15, 0.2) is 12.4 Å². The highest BCUT2D eigenvalue weighted by molar-refractivity contribution is 7.89. The summed E-state index contributed by atoms with van der Waals surface area (Å²) in [4.78, 5) is 8.97. The summed E-state index contributed by atoms with van der Waals surface area (Å²) < 4.78 is 35.3. The van der Waals surface area contributed by atoms with E-state index < -0.39 is 27.2 Å². The van der Waals surface area contributed by atoms with E-state index in [2.05, 4.69) is 9.97 Å². The Bertz CT molecular complexity index is 521. The van der Waals surface area contributed by atoms with Gasteiger partial charge in [0.05, 0.1) is 23.7 Å². The first-order valence-corrected chi connectivity index (χ1v) is 6.89. The molecule has 2 atom stereocenters. The second kappa shape index (κ2) is 4.75. The largest absolute Gasteiger partial charge is 0.391 e. The van der Waals surface area contributed by atoms with Crippen LogP contribution in [0.5, 0.6) is 0 Å². The van der Waals surface area contributed by atoms with Gasteiger partial charge in [-0.3, -0.25) is 0 Å². The summed E-state index contributed by atoms with van der Waals surface area (Å²) >= 11 is 0. The third-order valence-electron chi connectivity index (χ3n) is 2.74. The topological polar surface area (TPSA) is 109 Å². The van der Waals surface area contributed by atoms with E-state index in [1.54, 1.807) is 0 Å². The Labute approximate surface area is 104 Å². The normalized spacial score (nSPS) is 25.2. The van der Waals surface area contributed by atoms with Gasteiger partial charge in [0, 0.05) is 13.1 Å². The first-order chi connectivity index (χ1) is 8.36. The molecule has 0 unspecified atom stereocenters. The molecule has 1 aromatic rings. The molecular formula is C9H13FN4O3S. The molecule has 1 aliphatic rings. The molecule has 7 nitrogen and oxygen atoms in total. The maximum Gasteiger partial charge on any atom is 0.225 e. The fraction of sp³-hybridized carbons (Fsp3) is 0.556. The van der Waals surface area contributed by atoms with Gasteiger partial charge >= 0.3 is 0 Å². The van der Waals surface area contributed by atoms with E-state index in [0.29, 0.717) is 0 Å². The van der Waals surface area contributed by atoms with Crippen LogP contribution in [0.25, 0.3) is 0 Å². The molecule has 0 spiro atoms. The summed E-state index contributed by atoms with van der Waals surface area (Å²) in [5, 5.41) is 13.8. The van der Waals surface area contributed by atoms with Crippen LogP contribution in [-0.2, 0) is 10.0 Å². The predicted octanol–water partition coefficient (Wildman–Crippen LogP) is -1.16. The van der Waals surface area contributed by atoms with E-state index in [4.69, 9.17) is 5.14 Å². The van der Waals surface area contributed by atoms with Crippen molar-refractivity contribution in [1.82, 2.24) is 9.97 Å². The number of aliphatic hydroxyl groups is 1. The Hall–Kier alpha value is -1.32. The number of primary sulfonamides is 1. The molecule has 1 aromatic heterocycles. The zero-order chi connectivity index (χ0) is 13.3. The first-order valence-electron chi connectivity index (χ1n) is 5.28. The molecule has 18 heavy (non-hydrogen) atoms. The quantitative estimate of drug-likeness (QED) is 0.705. The van der Waals surface area contributed by atoms with Crippen LogP contribution >= 0.6 is 0 Å². The number of nitrogens with zero attached hydrogens (tertiary/aromatic N) is 3. The van der Waals surface area contributed by atoms with Crippen molar-refractivity contribution >= 4 is 16.0 Å². The summed E-state index contributed by atoms with van der Waals surface area (Å²) in [5.74, 6) is -0.414. The number of piperidine rings is 1. The van der Waals surface area contributed by atoms with E-state index in [1.807, 2.05) is 0 Å². The van der Waals surface area contributed by atoms with Gasteiger partial charge in [0.1, 0.15) is 0 Å². The summed E-state index contributed by atoms with van der Waals surface area (Å²) in [7, 11) is -3.74. The molecule has 0 aliphatic carbocycles. The molecule has 0 bridgehead atoms. The van der Waals surface area contributed by atoms with E-state index in [-0.39, 0.29) is 25.5 Å². The zero-order valence-electron chi connectivity index (χ0n) is 9.40. The number of aliphatic hydroxyl groups excluding tert-OH is 1. The number of sulfonamides is 1. The standard InChI is InChI=1S/C9H13FN4O3S/c10-6-2-12-9(13-3-6)14-4-7(15)1-8(5-14)18(11,16)17/h2-3,7-8,15H,1,4-5H2,(H2,11,16,17)/t7-,8+/m1/s1. The van der Waals surface area contributed by atoms with Crippen LogP contribution < -0.4 is 10.0 Å². The molecule has 1 aliphatic heterocycles. The van der Waals surface area contributed by atoms with Crippen molar-refractivity contribution in [3.8, 4) is 0 Å². The smallest absolute Gasteiger partial charge is 0.225 e. The van der Waals surface area contributed by atoms with Crippen molar-refractivity contribution in [2.45, 2.75) is 17.8 Å². The fourth-order valence-electron chi connectivity index (χ4n) is 1.90. The van der Waals surface area contributed by atoms with Crippen LogP contribution in [0.1, 0.15) is 6.42 Å². The van der Waals surface area contributed by atoms with E-state index in [0.717, 1.165) is 12.4 Å². The number of hydrogen-bond acceptors (Lipinski definition) is 6. The Morgan fingerprint density at radius 1 is 1.39 bits per heavy atom. The molecule has 1 saturated heterocycles. The maximum absolute atomic E-state index is 12.7. The first kappa shape index (κ1) is 13.1.